The minimum Gasteiger partial charge on any atom is -0.374 e. The van der Waals surface area contributed by atoms with Crippen molar-refractivity contribution in [1.29, 1.82) is 0 Å². The van der Waals surface area contributed by atoms with Crippen LogP contribution in [0.4, 0.5) is 15.6 Å². The number of carbonyl (C=O) groups is 1. The zero-order chi connectivity index (χ0) is 16.2. The Kier molecular flexibility index (Phi) is 4.33. The summed E-state index contributed by atoms with van der Waals surface area (Å²) in [4.78, 5) is 13.4. The first-order valence-corrected chi connectivity index (χ1v) is 7.86. The van der Waals surface area contributed by atoms with Crippen LogP contribution in [0, 0.1) is 0 Å². The van der Waals surface area contributed by atoms with Crippen molar-refractivity contribution < 1.29 is 4.79 Å². The Morgan fingerprint density at radius 3 is 3.00 bits per heavy atom. The highest BCUT2D eigenvalue weighted by Gasteiger charge is 2.09. The van der Waals surface area contributed by atoms with Crippen LogP contribution in [0.3, 0.4) is 0 Å². The Hall–Kier alpha value is -2.75. The number of nitrogens with two attached hydrogens (primary N) is 1. The Bertz CT molecular complexity index is 826. The minimum absolute atomic E-state index is 0.278. The summed E-state index contributed by atoms with van der Waals surface area (Å²) in [5.41, 5.74) is 7.54. The molecule has 0 aliphatic heterocycles. The van der Waals surface area contributed by atoms with E-state index in [0.717, 1.165) is 23.4 Å². The van der Waals surface area contributed by atoms with Crippen molar-refractivity contribution in [1.82, 2.24) is 30.5 Å². The van der Waals surface area contributed by atoms with Gasteiger partial charge in [0.2, 0.25) is 5.13 Å². The van der Waals surface area contributed by atoms with Gasteiger partial charge in [-0.25, -0.2) is 4.79 Å². The number of rotatable bonds is 5. The van der Waals surface area contributed by atoms with Crippen LogP contribution in [0.1, 0.15) is 11.4 Å². The van der Waals surface area contributed by atoms with E-state index in [1.165, 1.54) is 16.1 Å². The van der Waals surface area contributed by atoms with Crippen LogP contribution in [0.15, 0.2) is 18.2 Å². The number of nitrogens with one attached hydrogen (secondary N) is 2. The maximum atomic E-state index is 12.0. The second kappa shape index (κ2) is 6.57. The molecule has 23 heavy (non-hydrogen) atoms. The molecule has 2 amide bonds. The number of aryl methyl sites for hydroxylation is 2. The molecule has 3 rings (SSSR count). The van der Waals surface area contributed by atoms with Crippen LogP contribution in [-0.2, 0) is 13.5 Å². The topological polar surface area (TPSA) is 124 Å². The molecule has 0 fully saturated rings. The van der Waals surface area contributed by atoms with Crippen LogP contribution in [0.5, 0.6) is 0 Å². The molecule has 0 saturated carbocycles. The number of anilines is 2. The zero-order valence-electron chi connectivity index (χ0n) is 12.5. The summed E-state index contributed by atoms with van der Waals surface area (Å²) in [7, 11) is 1.74. The van der Waals surface area contributed by atoms with E-state index >= 15 is 0 Å². The van der Waals surface area contributed by atoms with Crippen molar-refractivity contribution >= 4 is 39.2 Å². The van der Waals surface area contributed by atoms with Gasteiger partial charge in [0.05, 0.1) is 5.69 Å². The van der Waals surface area contributed by atoms with E-state index in [2.05, 4.69) is 31.0 Å². The van der Waals surface area contributed by atoms with Crippen LogP contribution in [-0.4, -0.2) is 37.8 Å². The quantitative estimate of drug-likeness (QED) is 0.602. The summed E-state index contributed by atoms with van der Waals surface area (Å²) < 4.78 is 0. The van der Waals surface area contributed by atoms with Gasteiger partial charge in [0.25, 0.3) is 0 Å². The molecule has 4 N–H and O–H groups in total. The van der Waals surface area contributed by atoms with Crippen LogP contribution in [0.2, 0.25) is 0 Å². The van der Waals surface area contributed by atoms with E-state index in [-0.39, 0.29) is 6.03 Å². The van der Waals surface area contributed by atoms with Gasteiger partial charge in [-0.3, -0.25) is 0 Å². The Labute approximate surface area is 135 Å². The lowest BCUT2D eigenvalue weighted by Gasteiger charge is -2.07. The van der Waals surface area contributed by atoms with E-state index in [4.69, 9.17) is 5.73 Å². The zero-order valence-corrected chi connectivity index (χ0v) is 13.3. The first-order valence-electron chi connectivity index (χ1n) is 7.04. The highest BCUT2D eigenvalue weighted by molar-refractivity contribution is 7.15. The molecular formula is C13H16N8OS. The lowest BCUT2D eigenvalue weighted by molar-refractivity contribution is 0.252. The number of hydrogen-bond acceptors (Lipinski definition) is 7. The maximum Gasteiger partial charge on any atom is 0.319 e. The van der Waals surface area contributed by atoms with Gasteiger partial charge in [-0.1, -0.05) is 17.4 Å². The number of urea groups is 1. The number of nitrogen functional groups attached to an aromatic ring is 1. The average molecular weight is 332 g/mol. The Balaban J connectivity index is 1.50. The molecule has 0 atom stereocenters. The highest BCUT2D eigenvalue weighted by atomic mass is 32.1. The largest absolute Gasteiger partial charge is 0.374 e. The molecule has 0 unspecified atom stereocenters. The molecule has 2 aromatic heterocycles. The van der Waals surface area contributed by atoms with Crippen molar-refractivity contribution in [3.05, 3.63) is 23.2 Å². The summed E-state index contributed by atoms with van der Waals surface area (Å²) in [5.74, 6) is 0. The fraction of sp³-hybridized carbons (Fsp3) is 0.308. The van der Waals surface area contributed by atoms with Gasteiger partial charge in [-0.05, 0) is 18.6 Å². The molecule has 3 aromatic rings. The number of hydrogen-bond donors (Lipinski definition) is 3. The molecule has 0 radical (unpaired) electrons. The predicted molar refractivity (Wildman–Crippen MR) is 88.2 cm³/mol. The number of carbonyl (C=O) groups excluding carboxylic acids is 1. The van der Waals surface area contributed by atoms with Gasteiger partial charge in [0, 0.05) is 20.0 Å². The van der Waals surface area contributed by atoms with Gasteiger partial charge in [-0.2, -0.15) is 15.0 Å². The maximum absolute atomic E-state index is 12.0. The number of fused-ring (bicyclic) bond motifs is 1. The van der Waals surface area contributed by atoms with Crippen molar-refractivity contribution in [3.8, 4) is 0 Å². The molecule has 0 aliphatic carbocycles. The lowest BCUT2D eigenvalue weighted by Crippen LogP contribution is -2.29. The van der Waals surface area contributed by atoms with E-state index in [9.17, 15) is 4.79 Å². The molecule has 2 heterocycles. The van der Waals surface area contributed by atoms with Crippen molar-refractivity contribution in [3.63, 3.8) is 0 Å². The molecule has 0 saturated heterocycles. The number of aromatic nitrogens is 5. The van der Waals surface area contributed by atoms with Gasteiger partial charge in [0.1, 0.15) is 16.0 Å². The van der Waals surface area contributed by atoms with Crippen LogP contribution >= 0.6 is 11.3 Å². The Morgan fingerprint density at radius 1 is 1.35 bits per heavy atom. The molecule has 10 heteroatoms. The van der Waals surface area contributed by atoms with Crippen molar-refractivity contribution in [2.45, 2.75) is 12.8 Å². The SMILES string of the molecule is Cn1nc2cccc(NC(=O)NCCCc3nnc(N)s3)c2n1. The second-order valence-corrected chi connectivity index (χ2v) is 5.97. The lowest BCUT2D eigenvalue weighted by atomic mass is 10.2. The fourth-order valence-corrected chi connectivity index (χ4v) is 2.77. The third-order valence-corrected chi connectivity index (χ3v) is 3.91. The van der Waals surface area contributed by atoms with Crippen LogP contribution in [0.25, 0.3) is 11.0 Å². The minimum atomic E-state index is -0.278. The normalized spacial score (nSPS) is 10.8. The molecule has 120 valence electrons. The molecule has 0 spiro atoms. The van der Waals surface area contributed by atoms with Crippen molar-refractivity contribution in [2.75, 3.05) is 17.6 Å². The third-order valence-electron chi connectivity index (χ3n) is 3.10. The second-order valence-electron chi connectivity index (χ2n) is 4.88. The van der Waals surface area contributed by atoms with E-state index in [1.807, 2.05) is 12.1 Å². The van der Waals surface area contributed by atoms with Crippen LogP contribution < -0.4 is 16.4 Å². The third kappa shape index (κ3) is 3.72. The van der Waals surface area contributed by atoms with Gasteiger partial charge in [-0.15, -0.1) is 10.2 Å². The van der Waals surface area contributed by atoms with Crippen molar-refractivity contribution in [2.24, 2.45) is 7.05 Å². The summed E-state index contributed by atoms with van der Waals surface area (Å²) >= 11 is 1.36. The monoisotopic (exact) mass is 332 g/mol. The highest BCUT2D eigenvalue weighted by Crippen LogP contribution is 2.19. The van der Waals surface area contributed by atoms with E-state index < -0.39 is 0 Å². The molecule has 9 nitrogen and oxygen atoms in total. The summed E-state index contributed by atoms with van der Waals surface area (Å²) in [6.45, 7) is 0.530. The number of amides is 2. The Morgan fingerprint density at radius 2 is 2.22 bits per heavy atom. The fourth-order valence-electron chi connectivity index (χ4n) is 2.12. The van der Waals surface area contributed by atoms with E-state index in [0.29, 0.717) is 22.9 Å². The number of nitrogens with zero attached hydrogens (tertiary/aromatic N) is 5. The summed E-state index contributed by atoms with van der Waals surface area (Å²) in [5, 5.41) is 23.0. The number of benzene rings is 1. The summed E-state index contributed by atoms with van der Waals surface area (Å²) in [6.07, 6.45) is 1.49. The average Bonchev–Trinajstić information content (AvgIpc) is 3.09. The smallest absolute Gasteiger partial charge is 0.319 e. The van der Waals surface area contributed by atoms with Gasteiger partial charge < -0.3 is 16.4 Å². The first kappa shape index (κ1) is 15.2. The predicted octanol–water partition coefficient (Wildman–Crippen LogP) is 1.16. The van der Waals surface area contributed by atoms with Gasteiger partial charge >= 0.3 is 6.03 Å². The van der Waals surface area contributed by atoms with Gasteiger partial charge in [0.15, 0.2) is 0 Å². The molecule has 0 aliphatic rings. The standard InChI is InChI=1S/C13H16N8OS/c1-21-19-9-5-2-4-8(11(9)20-21)16-13(22)15-7-3-6-10-17-18-12(14)23-10/h2,4-5H,3,6-7H2,1H3,(H2,14,18)(H2,15,16,22). The first-order chi connectivity index (χ1) is 11.1. The molecule has 0 bridgehead atoms. The van der Waals surface area contributed by atoms with E-state index in [1.54, 1.807) is 13.1 Å². The molecule has 1 aromatic carbocycles. The molecular weight excluding hydrogens is 316 g/mol. The summed E-state index contributed by atoms with van der Waals surface area (Å²) in [6, 6.07) is 5.19.